The van der Waals surface area contributed by atoms with Gasteiger partial charge in [-0.1, -0.05) is 36.9 Å². The minimum Gasteiger partial charge on any atom is -0.508 e. The fourth-order valence-corrected chi connectivity index (χ4v) is 6.41. The number of tetrazole rings is 1. The van der Waals surface area contributed by atoms with Gasteiger partial charge in [0.1, 0.15) is 22.9 Å². The molecule has 184 valence electrons. The lowest BCUT2D eigenvalue weighted by molar-refractivity contribution is -0.150. The summed E-state index contributed by atoms with van der Waals surface area (Å²) >= 11 is 2.16. The maximum absolute atomic E-state index is 12.9. The first-order chi connectivity index (χ1) is 16.7. The molecule has 13 nitrogen and oxygen atoms in total. The smallest absolute Gasteiger partial charge is 0.352 e. The molecule has 3 unspecified atom stereocenters. The molecule has 1 aromatic heterocycles. The minimum absolute atomic E-state index is 0.0466. The molecule has 4 rings (SSSR count). The Balaban J connectivity index is 1.56. The number of aliphatic carboxylic acids is 2. The molecule has 1 fully saturated rings. The third kappa shape index (κ3) is 4.81. The molecule has 2 aromatic rings. The summed E-state index contributed by atoms with van der Waals surface area (Å²) in [5.74, 6) is -4.60. The van der Waals surface area contributed by atoms with Gasteiger partial charge in [-0.15, -0.1) is 22.0 Å². The molecule has 0 saturated carbocycles. The number of para-hydroxylation sites is 1. The number of phenols is 1. The van der Waals surface area contributed by atoms with E-state index < -0.39 is 46.3 Å². The molecule has 2 aliphatic heterocycles. The van der Waals surface area contributed by atoms with Gasteiger partial charge in [0.2, 0.25) is 11.1 Å². The second kappa shape index (κ2) is 9.95. The van der Waals surface area contributed by atoms with Crippen molar-refractivity contribution in [1.29, 1.82) is 0 Å². The monoisotopic (exact) mass is 520 g/mol. The number of β-lactam (4-membered cyclic amide) rings is 1. The molecule has 15 heteroatoms. The predicted octanol–water partition coefficient (Wildman–Crippen LogP) is 0.0680. The van der Waals surface area contributed by atoms with Gasteiger partial charge < -0.3 is 20.6 Å². The highest BCUT2D eigenvalue weighted by Gasteiger charge is 2.55. The lowest BCUT2D eigenvalue weighted by atomic mass is 9.96. The van der Waals surface area contributed by atoms with Crippen LogP contribution in [-0.4, -0.2) is 87.0 Å². The number of carbonyl (C=O) groups excluding carboxylic acids is 2. The van der Waals surface area contributed by atoms with E-state index in [0.717, 1.165) is 16.7 Å². The average molecular weight is 521 g/mol. The number of H-pyrrole nitrogens is 1. The molecule has 0 aliphatic carbocycles. The number of benzene rings is 1. The Hall–Kier alpha value is -3.59. The van der Waals surface area contributed by atoms with Gasteiger partial charge in [0.05, 0.1) is 12.3 Å². The van der Waals surface area contributed by atoms with Gasteiger partial charge in [-0.2, -0.15) is 5.21 Å². The Labute approximate surface area is 206 Å². The number of thioether (sulfide) groups is 2. The van der Waals surface area contributed by atoms with E-state index in [1.54, 1.807) is 18.2 Å². The maximum Gasteiger partial charge on any atom is 0.352 e. The normalized spacial score (nSPS) is 21.1. The van der Waals surface area contributed by atoms with Gasteiger partial charge in [-0.25, -0.2) is 4.79 Å². The van der Waals surface area contributed by atoms with E-state index in [-0.39, 0.29) is 34.3 Å². The van der Waals surface area contributed by atoms with Crippen molar-refractivity contribution in [2.24, 2.45) is 5.92 Å². The van der Waals surface area contributed by atoms with E-state index >= 15 is 0 Å². The van der Waals surface area contributed by atoms with Crippen LogP contribution in [0.15, 0.2) is 40.7 Å². The summed E-state index contributed by atoms with van der Waals surface area (Å²) in [7, 11) is 0. The zero-order valence-corrected chi connectivity index (χ0v) is 19.7. The van der Waals surface area contributed by atoms with Crippen LogP contribution >= 0.6 is 23.5 Å². The molecule has 1 saturated heterocycles. The van der Waals surface area contributed by atoms with Crippen LogP contribution in [0, 0.1) is 5.92 Å². The predicted molar refractivity (Wildman–Crippen MR) is 122 cm³/mol. The van der Waals surface area contributed by atoms with E-state index in [1.165, 1.54) is 24.8 Å². The Morgan fingerprint density at radius 3 is 2.69 bits per heavy atom. The number of aromatic nitrogens is 4. The van der Waals surface area contributed by atoms with Crippen molar-refractivity contribution in [1.82, 2.24) is 30.8 Å². The second-order valence-corrected chi connectivity index (χ2v) is 10.0. The largest absolute Gasteiger partial charge is 0.508 e. The van der Waals surface area contributed by atoms with Crippen molar-refractivity contribution >= 4 is 47.3 Å². The highest BCUT2D eigenvalue weighted by atomic mass is 32.2. The summed E-state index contributed by atoms with van der Waals surface area (Å²) in [4.78, 5) is 50.5. The number of rotatable bonds is 9. The summed E-state index contributed by atoms with van der Waals surface area (Å²) in [5, 5.41) is 43.9. The van der Waals surface area contributed by atoms with Crippen molar-refractivity contribution in [2.45, 2.75) is 35.2 Å². The number of carboxylic acid groups (broad SMARTS) is 2. The number of hydrogen-bond acceptors (Lipinski definition) is 10. The molecule has 5 N–H and O–H groups in total. The Bertz CT molecular complexity index is 1200. The molecule has 0 spiro atoms. The van der Waals surface area contributed by atoms with Crippen LogP contribution in [0.2, 0.25) is 0 Å². The fraction of sp³-hybridized carbons (Fsp3) is 0.350. The summed E-state index contributed by atoms with van der Waals surface area (Å²) in [6.45, 7) is 1.43. The molecule has 4 atom stereocenters. The van der Waals surface area contributed by atoms with Crippen molar-refractivity contribution < 1.29 is 34.5 Å². The van der Waals surface area contributed by atoms with Crippen LogP contribution in [0.3, 0.4) is 0 Å². The Morgan fingerprint density at radius 2 is 2.06 bits per heavy atom. The van der Waals surface area contributed by atoms with Gasteiger partial charge in [0.25, 0.3) is 5.91 Å². The molecule has 0 radical (unpaired) electrons. The van der Waals surface area contributed by atoms with Crippen LogP contribution in [0.25, 0.3) is 0 Å². The second-order valence-electron chi connectivity index (χ2n) is 7.80. The number of hydrogen-bond donors (Lipinski definition) is 5. The lowest BCUT2D eigenvalue weighted by Gasteiger charge is -2.50. The minimum atomic E-state index is -1.38. The van der Waals surface area contributed by atoms with E-state index in [9.17, 15) is 34.5 Å². The number of aromatic amines is 1. The summed E-state index contributed by atoms with van der Waals surface area (Å²) in [5.41, 5.74) is 0.331. The van der Waals surface area contributed by atoms with Crippen LogP contribution in [0.4, 0.5) is 0 Å². The molecular formula is C20H20N6O7S2. The molecule has 2 aliphatic rings. The maximum atomic E-state index is 12.9. The topological polar surface area (TPSA) is 199 Å². The van der Waals surface area contributed by atoms with Crippen LogP contribution in [0.5, 0.6) is 5.75 Å². The molecular weight excluding hydrogens is 500 g/mol. The first-order valence-electron chi connectivity index (χ1n) is 10.3. The quantitative estimate of drug-likeness (QED) is 0.220. The number of nitrogens with zero attached hydrogens (tertiary/aromatic N) is 4. The fourth-order valence-electron chi connectivity index (χ4n) is 3.84. The third-order valence-electron chi connectivity index (χ3n) is 5.60. The van der Waals surface area contributed by atoms with Crippen LogP contribution < -0.4 is 5.32 Å². The molecule has 2 amide bonds. The number of nitrogens with one attached hydrogen (secondary N) is 2. The first kappa shape index (κ1) is 24.5. The van der Waals surface area contributed by atoms with Gasteiger partial charge >= 0.3 is 11.9 Å². The van der Waals surface area contributed by atoms with Crippen molar-refractivity contribution in [3.8, 4) is 5.75 Å². The number of amides is 2. The average Bonchev–Trinajstić information content (AvgIpc) is 3.34. The van der Waals surface area contributed by atoms with Crippen LogP contribution in [0.1, 0.15) is 12.5 Å². The summed E-state index contributed by atoms with van der Waals surface area (Å²) in [6, 6.07) is 5.37. The Morgan fingerprint density at radius 1 is 1.31 bits per heavy atom. The van der Waals surface area contributed by atoms with E-state index in [1.807, 2.05) is 0 Å². The standard InChI is InChI=1S/C20H20N6O7S2/c1-8(18(30)31)15(35-20-22-24-25-23-20)10-7-34-17-13(16(29)26(17)14(10)19(32)33)21-12(28)6-9-4-2-3-5-11(9)27/h2-5,8,13,15,17,27H,6-7H2,1H3,(H,21,28)(H,30,31)(H,32,33)(H,22,23,24,25)/t8?,13?,15?,17-/m1/s1. The van der Waals surface area contributed by atoms with Crippen LogP contribution in [-0.2, 0) is 25.6 Å². The molecule has 35 heavy (non-hydrogen) atoms. The SMILES string of the molecule is CC(C(=O)O)C(Sc1nn[nH]n1)C1=C(C(=O)O)N2C(=O)C(NC(=O)Cc3ccccc3O)[C@H]2SC1. The van der Waals surface area contributed by atoms with Gasteiger partial charge in [-0.3, -0.25) is 19.3 Å². The number of phenolic OH excluding ortho intramolecular Hbond substituents is 1. The number of fused-ring (bicyclic) bond motifs is 1. The zero-order chi connectivity index (χ0) is 25.3. The number of aromatic hydroxyl groups is 1. The van der Waals surface area contributed by atoms with Gasteiger partial charge in [-0.05, 0) is 16.9 Å². The van der Waals surface area contributed by atoms with Gasteiger partial charge in [0, 0.05) is 16.6 Å². The Kier molecular flexibility index (Phi) is 6.98. The molecule has 1 aromatic carbocycles. The number of carbonyl (C=O) groups is 4. The third-order valence-corrected chi connectivity index (χ3v) is 8.24. The highest BCUT2D eigenvalue weighted by molar-refractivity contribution is 8.01. The molecule has 0 bridgehead atoms. The zero-order valence-electron chi connectivity index (χ0n) is 18.1. The molecule has 3 heterocycles. The van der Waals surface area contributed by atoms with Crippen molar-refractivity contribution in [2.75, 3.05) is 5.75 Å². The van der Waals surface area contributed by atoms with E-state index in [0.29, 0.717) is 5.56 Å². The number of carboxylic acids is 2. The van der Waals surface area contributed by atoms with Crippen molar-refractivity contribution in [3.63, 3.8) is 0 Å². The highest BCUT2D eigenvalue weighted by Crippen LogP contribution is 2.45. The van der Waals surface area contributed by atoms with Gasteiger partial charge in [0.15, 0.2) is 0 Å². The van der Waals surface area contributed by atoms with E-state index in [2.05, 4.69) is 25.9 Å². The first-order valence-corrected chi connectivity index (χ1v) is 12.2. The van der Waals surface area contributed by atoms with E-state index in [4.69, 9.17) is 0 Å². The lowest BCUT2D eigenvalue weighted by Crippen LogP contribution is -2.71. The summed E-state index contributed by atoms with van der Waals surface area (Å²) < 4.78 is 0. The van der Waals surface area contributed by atoms with Crippen molar-refractivity contribution in [3.05, 3.63) is 41.1 Å². The summed E-state index contributed by atoms with van der Waals surface area (Å²) in [6.07, 6.45) is -0.153.